The minimum Gasteiger partial charge on any atom is -0.358 e. The zero-order chi connectivity index (χ0) is 15.3. The van der Waals surface area contributed by atoms with E-state index in [0.29, 0.717) is 12.5 Å². The van der Waals surface area contributed by atoms with Gasteiger partial charge in [-0.1, -0.05) is 25.1 Å². The SMILES string of the molecule is Cc1nccn1CC1CC(C)c2[nH]c3ccccc3c2C1=O. The zero-order valence-electron chi connectivity index (χ0n) is 12.8. The summed E-state index contributed by atoms with van der Waals surface area (Å²) < 4.78 is 2.08. The number of carbonyl (C=O) groups excluding carboxylic acids is 1. The van der Waals surface area contributed by atoms with Crippen molar-refractivity contribution in [2.24, 2.45) is 5.92 Å². The van der Waals surface area contributed by atoms with Crippen LogP contribution in [0.4, 0.5) is 0 Å². The number of benzene rings is 1. The van der Waals surface area contributed by atoms with Crippen molar-refractivity contribution >= 4 is 16.7 Å². The van der Waals surface area contributed by atoms with E-state index < -0.39 is 0 Å². The summed E-state index contributed by atoms with van der Waals surface area (Å²) in [7, 11) is 0. The van der Waals surface area contributed by atoms with Crippen molar-refractivity contribution in [1.29, 1.82) is 0 Å². The first-order chi connectivity index (χ1) is 10.6. The number of ketones is 1. The van der Waals surface area contributed by atoms with Crippen molar-refractivity contribution in [2.75, 3.05) is 0 Å². The summed E-state index contributed by atoms with van der Waals surface area (Å²) in [6.07, 6.45) is 4.64. The van der Waals surface area contributed by atoms with E-state index in [9.17, 15) is 4.79 Å². The molecule has 4 rings (SSSR count). The molecule has 1 aromatic carbocycles. The number of hydrogen-bond donors (Lipinski definition) is 1. The molecule has 1 aliphatic carbocycles. The van der Waals surface area contributed by atoms with Crippen molar-refractivity contribution in [3.05, 3.63) is 53.7 Å². The smallest absolute Gasteiger partial charge is 0.170 e. The quantitative estimate of drug-likeness (QED) is 0.783. The van der Waals surface area contributed by atoms with Crippen molar-refractivity contribution in [2.45, 2.75) is 32.7 Å². The maximum Gasteiger partial charge on any atom is 0.170 e. The molecule has 22 heavy (non-hydrogen) atoms. The standard InChI is InChI=1S/C18H19N3O/c1-11-9-13(10-21-8-7-19-12(21)2)18(22)16-14-5-3-4-6-15(14)20-17(11)16/h3-8,11,13,20H,9-10H2,1-2H3. The van der Waals surface area contributed by atoms with Crippen LogP contribution in [0, 0.1) is 12.8 Å². The Balaban J connectivity index is 1.77. The molecule has 0 aliphatic heterocycles. The first kappa shape index (κ1) is 13.3. The Kier molecular flexibility index (Phi) is 2.93. The number of rotatable bonds is 2. The van der Waals surface area contributed by atoms with E-state index in [0.717, 1.165) is 34.4 Å². The van der Waals surface area contributed by atoms with Crippen LogP contribution in [-0.2, 0) is 6.54 Å². The number of aromatic amines is 1. The number of aryl methyl sites for hydroxylation is 1. The van der Waals surface area contributed by atoms with Gasteiger partial charge in [-0.3, -0.25) is 4.79 Å². The molecule has 0 saturated carbocycles. The van der Waals surface area contributed by atoms with E-state index in [1.54, 1.807) is 6.20 Å². The highest BCUT2D eigenvalue weighted by Crippen LogP contribution is 2.38. The molecule has 112 valence electrons. The fourth-order valence-electron chi connectivity index (χ4n) is 3.65. The maximum absolute atomic E-state index is 13.0. The molecule has 1 aliphatic rings. The highest BCUT2D eigenvalue weighted by Gasteiger charge is 2.34. The zero-order valence-corrected chi connectivity index (χ0v) is 12.8. The topological polar surface area (TPSA) is 50.7 Å². The third-order valence-corrected chi connectivity index (χ3v) is 4.82. The van der Waals surface area contributed by atoms with Crippen molar-refractivity contribution in [3.8, 4) is 0 Å². The molecule has 4 heteroatoms. The van der Waals surface area contributed by atoms with Crippen molar-refractivity contribution < 1.29 is 4.79 Å². The fourth-order valence-corrected chi connectivity index (χ4v) is 3.65. The van der Waals surface area contributed by atoms with Gasteiger partial charge in [0.15, 0.2) is 5.78 Å². The molecular weight excluding hydrogens is 274 g/mol. The average Bonchev–Trinajstić information content (AvgIpc) is 3.09. The second-order valence-corrected chi connectivity index (χ2v) is 6.28. The molecule has 2 unspecified atom stereocenters. The molecule has 0 saturated heterocycles. The molecule has 1 N–H and O–H groups in total. The number of Topliss-reactive ketones (excluding diaryl/α,β-unsaturated/α-hetero) is 1. The van der Waals surface area contributed by atoms with Crippen LogP contribution in [0.3, 0.4) is 0 Å². The number of aromatic nitrogens is 3. The predicted molar refractivity (Wildman–Crippen MR) is 86.1 cm³/mol. The molecule has 0 spiro atoms. The summed E-state index contributed by atoms with van der Waals surface area (Å²) in [5.41, 5.74) is 3.06. The highest BCUT2D eigenvalue weighted by molar-refractivity contribution is 6.11. The summed E-state index contributed by atoms with van der Waals surface area (Å²) in [6, 6.07) is 8.09. The number of H-pyrrole nitrogens is 1. The molecule has 0 amide bonds. The molecule has 2 aromatic heterocycles. The number of nitrogens with zero attached hydrogens (tertiary/aromatic N) is 2. The average molecular weight is 293 g/mol. The van der Waals surface area contributed by atoms with E-state index in [2.05, 4.69) is 21.5 Å². The summed E-state index contributed by atoms with van der Waals surface area (Å²) in [5.74, 6) is 1.62. The van der Waals surface area contributed by atoms with Gasteiger partial charge in [-0.05, 0) is 25.3 Å². The lowest BCUT2D eigenvalue weighted by Gasteiger charge is -2.26. The molecule has 2 heterocycles. The number of imidazole rings is 1. The summed E-state index contributed by atoms with van der Waals surface area (Å²) in [6.45, 7) is 4.90. The summed E-state index contributed by atoms with van der Waals surface area (Å²) >= 11 is 0. The van der Waals surface area contributed by atoms with Crippen LogP contribution in [-0.4, -0.2) is 20.3 Å². The minimum atomic E-state index is 0.0228. The van der Waals surface area contributed by atoms with Crippen LogP contribution in [0.5, 0.6) is 0 Å². The van der Waals surface area contributed by atoms with Gasteiger partial charge >= 0.3 is 0 Å². The third kappa shape index (κ3) is 1.90. The molecule has 0 bridgehead atoms. The summed E-state index contributed by atoms with van der Waals surface area (Å²) in [4.78, 5) is 20.7. The van der Waals surface area contributed by atoms with E-state index in [1.807, 2.05) is 37.4 Å². The Morgan fingerprint density at radius 1 is 1.36 bits per heavy atom. The van der Waals surface area contributed by atoms with Crippen LogP contribution in [0.15, 0.2) is 36.7 Å². The predicted octanol–water partition coefficient (Wildman–Crippen LogP) is 3.68. The first-order valence-corrected chi connectivity index (χ1v) is 7.77. The first-order valence-electron chi connectivity index (χ1n) is 7.77. The number of hydrogen-bond acceptors (Lipinski definition) is 2. The lowest BCUT2D eigenvalue weighted by molar-refractivity contribution is 0.0880. The Hall–Kier alpha value is -2.36. The van der Waals surface area contributed by atoms with Gasteiger partial charge in [0.2, 0.25) is 0 Å². The fraction of sp³-hybridized carbons (Fsp3) is 0.333. The van der Waals surface area contributed by atoms with E-state index >= 15 is 0 Å². The molecular formula is C18H19N3O. The van der Waals surface area contributed by atoms with Gasteiger partial charge < -0.3 is 9.55 Å². The van der Waals surface area contributed by atoms with E-state index in [4.69, 9.17) is 0 Å². The van der Waals surface area contributed by atoms with E-state index in [-0.39, 0.29) is 11.7 Å². The highest BCUT2D eigenvalue weighted by atomic mass is 16.1. The largest absolute Gasteiger partial charge is 0.358 e. The number of para-hydroxylation sites is 1. The minimum absolute atomic E-state index is 0.0228. The Labute approximate surface area is 129 Å². The van der Waals surface area contributed by atoms with Gasteiger partial charge in [0.1, 0.15) is 5.82 Å². The normalized spacial score (nSPS) is 21.3. The lowest BCUT2D eigenvalue weighted by Crippen LogP contribution is -2.28. The molecule has 0 fully saturated rings. The van der Waals surface area contributed by atoms with Crippen molar-refractivity contribution in [1.82, 2.24) is 14.5 Å². The number of nitrogens with one attached hydrogen (secondary N) is 1. The van der Waals surface area contributed by atoms with Gasteiger partial charge in [0.25, 0.3) is 0 Å². The molecule has 4 nitrogen and oxygen atoms in total. The van der Waals surface area contributed by atoms with Crippen LogP contribution in [0.2, 0.25) is 0 Å². The van der Waals surface area contributed by atoms with Crippen LogP contribution in [0.1, 0.15) is 41.1 Å². The Morgan fingerprint density at radius 3 is 2.95 bits per heavy atom. The van der Waals surface area contributed by atoms with Gasteiger partial charge in [-0.2, -0.15) is 0 Å². The van der Waals surface area contributed by atoms with Crippen LogP contribution < -0.4 is 0 Å². The second-order valence-electron chi connectivity index (χ2n) is 6.28. The third-order valence-electron chi connectivity index (χ3n) is 4.82. The van der Waals surface area contributed by atoms with Gasteiger partial charge in [0.05, 0.1) is 0 Å². The number of carbonyl (C=O) groups is 1. The van der Waals surface area contributed by atoms with E-state index in [1.165, 1.54) is 0 Å². The lowest BCUT2D eigenvalue weighted by atomic mass is 9.79. The van der Waals surface area contributed by atoms with Gasteiger partial charge in [-0.25, -0.2) is 4.98 Å². The van der Waals surface area contributed by atoms with Gasteiger partial charge in [-0.15, -0.1) is 0 Å². The Bertz CT molecular complexity index is 858. The number of fused-ring (bicyclic) bond motifs is 3. The molecule has 2 atom stereocenters. The second kappa shape index (κ2) is 4.83. The maximum atomic E-state index is 13.0. The van der Waals surface area contributed by atoms with Gasteiger partial charge in [0, 0.05) is 47.0 Å². The molecule has 3 aromatic rings. The monoisotopic (exact) mass is 293 g/mol. The van der Waals surface area contributed by atoms with Crippen LogP contribution in [0.25, 0.3) is 10.9 Å². The summed E-state index contributed by atoms with van der Waals surface area (Å²) in [5, 5.41) is 1.06. The Morgan fingerprint density at radius 2 is 2.18 bits per heavy atom. The van der Waals surface area contributed by atoms with Crippen LogP contribution >= 0.6 is 0 Å². The molecule has 0 radical (unpaired) electrons. The van der Waals surface area contributed by atoms with Crippen molar-refractivity contribution in [3.63, 3.8) is 0 Å².